The predicted octanol–water partition coefficient (Wildman–Crippen LogP) is 1.55. The van der Waals surface area contributed by atoms with Crippen LogP contribution in [0.2, 0.25) is 0 Å². The Morgan fingerprint density at radius 2 is 1.54 bits per heavy atom. The summed E-state index contributed by atoms with van der Waals surface area (Å²) in [6, 6.07) is 9.48. The van der Waals surface area contributed by atoms with E-state index in [0.29, 0.717) is 52.6 Å². The fourth-order valence-electron chi connectivity index (χ4n) is 1.67. The van der Waals surface area contributed by atoms with Gasteiger partial charge in [-0.25, -0.2) is 4.79 Å². The zero-order chi connectivity index (χ0) is 17.3. The molecule has 0 aliphatic heterocycles. The molecule has 7 nitrogen and oxygen atoms in total. The lowest BCUT2D eigenvalue weighted by Crippen LogP contribution is -2.28. The number of carbonyl (C=O) groups excluding carboxylic acids is 2. The number of alkyl carbamates (subject to hydrolysis) is 1. The van der Waals surface area contributed by atoms with Gasteiger partial charge in [-0.15, -0.1) is 0 Å². The Morgan fingerprint density at radius 1 is 0.917 bits per heavy atom. The minimum Gasteiger partial charge on any atom is -0.445 e. The predicted molar refractivity (Wildman–Crippen MR) is 87.8 cm³/mol. The molecule has 0 bridgehead atoms. The van der Waals surface area contributed by atoms with Crippen LogP contribution in [0.3, 0.4) is 0 Å². The zero-order valence-corrected chi connectivity index (χ0v) is 13.8. The van der Waals surface area contributed by atoms with Crippen LogP contribution < -0.4 is 5.32 Å². The lowest BCUT2D eigenvalue weighted by Gasteiger charge is -2.08. The van der Waals surface area contributed by atoms with Crippen LogP contribution >= 0.6 is 0 Å². The van der Waals surface area contributed by atoms with Gasteiger partial charge in [0, 0.05) is 13.0 Å². The Labute approximate surface area is 142 Å². The molecule has 7 heteroatoms. The van der Waals surface area contributed by atoms with Crippen LogP contribution in [0.25, 0.3) is 0 Å². The maximum atomic E-state index is 11.4. The third kappa shape index (κ3) is 11.6. The van der Waals surface area contributed by atoms with Crippen molar-refractivity contribution < 1.29 is 28.5 Å². The van der Waals surface area contributed by atoms with Crippen molar-refractivity contribution in [1.82, 2.24) is 5.32 Å². The van der Waals surface area contributed by atoms with Crippen molar-refractivity contribution in [2.45, 2.75) is 13.0 Å². The number of rotatable bonds is 14. The van der Waals surface area contributed by atoms with Crippen LogP contribution in [0.4, 0.5) is 4.79 Å². The molecule has 1 aromatic rings. The van der Waals surface area contributed by atoms with E-state index < -0.39 is 6.09 Å². The van der Waals surface area contributed by atoms with Crippen LogP contribution in [-0.4, -0.2) is 58.6 Å². The minimum atomic E-state index is -0.467. The van der Waals surface area contributed by atoms with Crippen molar-refractivity contribution >= 4 is 12.4 Å². The highest BCUT2D eigenvalue weighted by Gasteiger charge is 2.01. The lowest BCUT2D eigenvalue weighted by molar-refractivity contribution is -0.108. The van der Waals surface area contributed by atoms with Gasteiger partial charge in [-0.3, -0.25) is 0 Å². The molecule has 0 aliphatic carbocycles. The van der Waals surface area contributed by atoms with E-state index in [9.17, 15) is 9.59 Å². The van der Waals surface area contributed by atoms with Crippen LogP contribution in [0.5, 0.6) is 0 Å². The third-order valence-electron chi connectivity index (χ3n) is 2.85. The first-order valence-corrected chi connectivity index (χ1v) is 7.94. The Morgan fingerprint density at radius 3 is 2.21 bits per heavy atom. The van der Waals surface area contributed by atoms with Crippen LogP contribution in [0.1, 0.15) is 12.0 Å². The number of ether oxygens (including phenoxy) is 4. The molecular formula is C17H25NO6. The Bertz CT molecular complexity index is 440. The molecule has 0 atom stereocenters. The number of amides is 1. The summed E-state index contributed by atoms with van der Waals surface area (Å²) in [5, 5.41) is 2.61. The topological polar surface area (TPSA) is 83.1 Å². The number of benzene rings is 1. The number of hydrogen-bond donors (Lipinski definition) is 1. The number of aldehydes is 1. The average Bonchev–Trinajstić information content (AvgIpc) is 2.62. The van der Waals surface area contributed by atoms with Gasteiger partial charge in [-0.05, 0) is 5.56 Å². The van der Waals surface area contributed by atoms with Gasteiger partial charge in [0.15, 0.2) is 0 Å². The van der Waals surface area contributed by atoms with Crippen molar-refractivity contribution in [2.24, 2.45) is 0 Å². The van der Waals surface area contributed by atoms with E-state index in [1.54, 1.807) is 0 Å². The second-order valence-corrected chi connectivity index (χ2v) is 4.78. The largest absolute Gasteiger partial charge is 0.445 e. The molecule has 0 aliphatic rings. The molecule has 1 aromatic carbocycles. The fraction of sp³-hybridized carbons (Fsp3) is 0.529. The number of hydrogen-bond acceptors (Lipinski definition) is 6. The first-order valence-electron chi connectivity index (χ1n) is 7.94. The molecule has 1 N–H and O–H groups in total. The van der Waals surface area contributed by atoms with E-state index >= 15 is 0 Å². The summed E-state index contributed by atoms with van der Waals surface area (Å²) in [6.07, 6.45) is 0.760. The Kier molecular flexibility index (Phi) is 12.2. The second kappa shape index (κ2) is 14.6. The van der Waals surface area contributed by atoms with Gasteiger partial charge < -0.3 is 29.1 Å². The number of carbonyl (C=O) groups is 2. The molecule has 0 heterocycles. The molecular weight excluding hydrogens is 314 g/mol. The van der Waals surface area contributed by atoms with Gasteiger partial charge in [0.25, 0.3) is 0 Å². The van der Waals surface area contributed by atoms with E-state index in [1.807, 2.05) is 30.3 Å². The monoisotopic (exact) mass is 339 g/mol. The van der Waals surface area contributed by atoms with E-state index in [2.05, 4.69) is 5.32 Å². The standard InChI is InChI=1S/C17H25NO6/c19-8-4-9-21-11-13-23-14-12-22-10-7-18-17(20)24-15-16-5-2-1-3-6-16/h1-3,5-6,8H,4,7,9-15H2,(H,18,20). The van der Waals surface area contributed by atoms with Crippen molar-refractivity contribution in [3.8, 4) is 0 Å². The molecule has 0 radical (unpaired) electrons. The summed E-state index contributed by atoms with van der Waals surface area (Å²) >= 11 is 0. The van der Waals surface area contributed by atoms with Gasteiger partial charge in [0.1, 0.15) is 12.9 Å². The van der Waals surface area contributed by atoms with Gasteiger partial charge in [0.05, 0.1) is 39.6 Å². The summed E-state index contributed by atoms with van der Waals surface area (Å²) in [7, 11) is 0. The molecule has 0 aromatic heterocycles. The SMILES string of the molecule is O=CCCOCCOCCOCCNC(=O)OCc1ccccc1. The van der Waals surface area contributed by atoms with E-state index in [0.717, 1.165) is 11.8 Å². The summed E-state index contributed by atoms with van der Waals surface area (Å²) in [6.45, 7) is 3.26. The zero-order valence-electron chi connectivity index (χ0n) is 13.8. The molecule has 0 unspecified atom stereocenters. The lowest BCUT2D eigenvalue weighted by atomic mass is 10.2. The van der Waals surface area contributed by atoms with E-state index in [1.165, 1.54) is 0 Å². The van der Waals surface area contributed by atoms with Crippen molar-refractivity contribution in [2.75, 3.05) is 46.2 Å². The Hall–Kier alpha value is -1.96. The highest BCUT2D eigenvalue weighted by molar-refractivity contribution is 5.67. The maximum absolute atomic E-state index is 11.4. The van der Waals surface area contributed by atoms with Gasteiger partial charge in [0.2, 0.25) is 0 Å². The first kappa shape index (κ1) is 20.1. The maximum Gasteiger partial charge on any atom is 0.407 e. The second-order valence-electron chi connectivity index (χ2n) is 4.78. The van der Waals surface area contributed by atoms with Crippen LogP contribution in [-0.2, 0) is 30.3 Å². The molecule has 0 saturated heterocycles. The average molecular weight is 339 g/mol. The van der Waals surface area contributed by atoms with Crippen LogP contribution in [0, 0.1) is 0 Å². The van der Waals surface area contributed by atoms with E-state index in [-0.39, 0.29) is 6.61 Å². The third-order valence-corrected chi connectivity index (χ3v) is 2.85. The van der Waals surface area contributed by atoms with Crippen molar-refractivity contribution in [3.63, 3.8) is 0 Å². The molecule has 24 heavy (non-hydrogen) atoms. The summed E-state index contributed by atoms with van der Waals surface area (Å²) < 4.78 is 20.8. The molecule has 0 fully saturated rings. The van der Waals surface area contributed by atoms with Crippen molar-refractivity contribution in [3.05, 3.63) is 35.9 Å². The summed E-state index contributed by atoms with van der Waals surface area (Å²) in [4.78, 5) is 21.5. The van der Waals surface area contributed by atoms with Crippen LogP contribution in [0.15, 0.2) is 30.3 Å². The highest BCUT2D eigenvalue weighted by atomic mass is 16.6. The summed E-state index contributed by atoms with van der Waals surface area (Å²) in [5.41, 5.74) is 0.941. The molecule has 1 rings (SSSR count). The van der Waals surface area contributed by atoms with Crippen molar-refractivity contribution in [1.29, 1.82) is 0 Å². The van der Waals surface area contributed by atoms with Gasteiger partial charge in [-0.2, -0.15) is 0 Å². The minimum absolute atomic E-state index is 0.246. The highest BCUT2D eigenvalue weighted by Crippen LogP contribution is 2.00. The molecule has 1 amide bonds. The quantitative estimate of drug-likeness (QED) is 0.409. The molecule has 0 spiro atoms. The molecule has 0 saturated carbocycles. The normalized spacial score (nSPS) is 10.3. The van der Waals surface area contributed by atoms with Gasteiger partial charge >= 0.3 is 6.09 Å². The molecule has 134 valence electrons. The Balaban J connectivity index is 1.83. The smallest absolute Gasteiger partial charge is 0.407 e. The van der Waals surface area contributed by atoms with E-state index in [4.69, 9.17) is 18.9 Å². The van der Waals surface area contributed by atoms with Gasteiger partial charge in [-0.1, -0.05) is 30.3 Å². The fourth-order valence-corrected chi connectivity index (χ4v) is 1.67. The summed E-state index contributed by atoms with van der Waals surface area (Å²) in [5.74, 6) is 0. The number of nitrogens with one attached hydrogen (secondary N) is 1. The first-order chi connectivity index (χ1) is 11.8.